The Hall–Kier alpha value is -0.870. The summed E-state index contributed by atoms with van der Waals surface area (Å²) in [5, 5.41) is 22.7. The molecule has 0 bridgehead atoms. The molecule has 0 aromatic heterocycles. The molecule has 0 aliphatic carbocycles. The van der Waals surface area contributed by atoms with Crippen molar-refractivity contribution < 1.29 is 15.0 Å². The highest BCUT2D eigenvalue weighted by molar-refractivity contribution is 5.76. The molecule has 0 aromatic carbocycles. The van der Waals surface area contributed by atoms with Gasteiger partial charge in [-0.15, -0.1) is 0 Å². The standard InChI is InChI=1S/C42H83NO3/c1-3-5-7-9-11-12-13-14-15-16-17-18-19-20-21-22-23-24-25-26-27-28-29-30-31-32-34-36-38-42(46)43-40(39-44)41(45)37-35-33-10-8-6-4-2/h35,37,40-41,44-45H,3-34,36,38-39H2,1-2H3,(H,43,46)/b37-35+. The van der Waals surface area contributed by atoms with Crippen molar-refractivity contribution in [2.75, 3.05) is 6.61 Å². The van der Waals surface area contributed by atoms with Crippen LogP contribution in [0.3, 0.4) is 0 Å². The summed E-state index contributed by atoms with van der Waals surface area (Å²) in [4.78, 5) is 12.3. The van der Waals surface area contributed by atoms with Gasteiger partial charge in [-0.05, 0) is 19.3 Å². The van der Waals surface area contributed by atoms with E-state index in [1.54, 1.807) is 6.08 Å². The number of nitrogens with one attached hydrogen (secondary N) is 1. The van der Waals surface area contributed by atoms with Crippen LogP contribution in [0.1, 0.15) is 232 Å². The van der Waals surface area contributed by atoms with Crippen molar-refractivity contribution in [1.82, 2.24) is 5.32 Å². The van der Waals surface area contributed by atoms with Gasteiger partial charge in [0.15, 0.2) is 0 Å². The Morgan fingerprint density at radius 1 is 0.500 bits per heavy atom. The third-order valence-electron chi connectivity index (χ3n) is 9.77. The summed E-state index contributed by atoms with van der Waals surface area (Å²) < 4.78 is 0. The molecule has 0 aromatic rings. The lowest BCUT2D eigenvalue weighted by Crippen LogP contribution is -2.45. The van der Waals surface area contributed by atoms with E-state index in [0.717, 1.165) is 25.7 Å². The highest BCUT2D eigenvalue weighted by Gasteiger charge is 2.17. The first-order valence-corrected chi connectivity index (χ1v) is 20.9. The average molecular weight is 650 g/mol. The first kappa shape index (κ1) is 45.1. The molecule has 0 radical (unpaired) electrons. The molecule has 4 nitrogen and oxygen atoms in total. The van der Waals surface area contributed by atoms with Crippen LogP contribution in [0.25, 0.3) is 0 Å². The van der Waals surface area contributed by atoms with Gasteiger partial charge < -0.3 is 15.5 Å². The van der Waals surface area contributed by atoms with Gasteiger partial charge in [0.25, 0.3) is 0 Å². The lowest BCUT2D eigenvalue weighted by atomic mass is 10.0. The van der Waals surface area contributed by atoms with Gasteiger partial charge in [-0.3, -0.25) is 4.79 Å². The Labute approximate surface area is 288 Å². The molecule has 0 saturated carbocycles. The second-order valence-corrected chi connectivity index (χ2v) is 14.4. The van der Waals surface area contributed by atoms with E-state index in [9.17, 15) is 15.0 Å². The molecule has 1 amide bonds. The van der Waals surface area contributed by atoms with Gasteiger partial charge >= 0.3 is 0 Å². The summed E-state index contributed by atoms with van der Waals surface area (Å²) in [6.45, 7) is 4.25. The Morgan fingerprint density at radius 2 is 0.804 bits per heavy atom. The predicted octanol–water partition coefficient (Wildman–Crippen LogP) is 12.7. The van der Waals surface area contributed by atoms with Crippen LogP contribution in [0.4, 0.5) is 0 Å². The molecule has 0 fully saturated rings. The van der Waals surface area contributed by atoms with Crippen LogP contribution in [0.2, 0.25) is 0 Å². The molecule has 4 heteroatoms. The van der Waals surface area contributed by atoms with E-state index in [-0.39, 0.29) is 12.5 Å². The van der Waals surface area contributed by atoms with E-state index in [0.29, 0.717) is 6.42 Å². The number of amides is 1. The predicted molar refractivity (Wildman–Crippen MR) is 202 cm³/mol. The van der Waals surface area contributed by atoms with Crippen molar-refractivity contribution in [2.24, 2.45) is 0 Å². The second kappa shape index (κ2) is 38.6. The zero-order chi connectivity index (χ0) is 33.6. The third-order valence-corrected chi connectivity index (χ3v) is 9.77. The van der Waals surface area contributed by atoms with Crippen LogP contribution in [0.5, 0.6) is 0 Å². The maximum absolute atomic E-state index is 12.3. The molecular formula is C42H83NO3. The molecule has 0 aliphatic rings. The quantitative estimate of drug-likeness (QED) is 0.0460. The molecule has 0 rings (SSSR count). The van der Waals surface area contributed by atoms with Crippen molar-refractivity contribution in [3.8, 4) is 0 Å². The normalized spacial score (nSPS) is 13.0. The number of carbonyl (C=O) groups excluding carboxylic acids is 1. The number of rotatable bonds is 38. The molecule has 46 heavy (non-hydrogen) atoms. The highest BCUT2D eigenvalue weighted by atomic mass is 16.3. The second-order valence-electron chi connectivity index (χ2n) is 14.4. The third kappa shape index (κ3) is 34.5. The molecule has 3 N–H and O–H groups in total. The lowest BCUT2D eigenvalue weighted by molar-refractivity contribution is -0.123. The van der Waals surface area contributed by atoms with Crippen molar-refractivity contribution in [2.45, 2.75) is 244 Å². The van der Waals surface area contributed by atoms with Crippen LogP contribution in [0, 0.1) is 0 Å². The molecule has 2 unspecified atom stereocenters. The monoisotopic (exact) mass is 650 g/mol. The summed E-state index contributed by atoms with van der Waals surface area (Å²) in [6, 6.07) is -0.613. The van der Waals surface area contributed by atoms with Crippen LogP contribution in [-0.2, 0) is 4.79 Å². The number of aliphatic hydroxyl groups excluding tert-OH is 2. The fourth-order valence-corrected chi connectivity index (χ4v) is 6.53. The maximum atomic E-state index is 12.3. The van der Waals surface area contributed by atoms with E-state index in [4.69, 9.17) is 0 Å². The zero-order valence-electron chi connectivity index (χ0n) is 31.4. The first-order valence-electron chi connectivity index (χ1n) is 20.9. The Morgan fingerprint density at radius 3 is 1.13 bits per heavy atom. The van der Waals surface area contributed by atoms with Crippen molar-refractivity contribution in [3.63, 3.8) is 0 Å². The summed E-state index contributed by atoms with van der Waals surface area (Å²) in [6.07, 6.45) is 47.8. The molecule has 2 atom stereocenters. The number of hydrogen-bond donors (Lipinski definition) is 3. The molecule has 0 saturated heterocycles. The fraction of sp³-hybridized carbons (Fsp3) is 0.929. The smallest absolute Gasteiger partial charge is 0.220 e. The van der Waals surface area contributed by atoms with Gasteiger partial charge in [0.1, 0.15) is 0 Å². The first-order chi connectivity index (χ1) is 22.7. The van der Waals surface area contributed by atoms with Crippen molar-refractivity contribution in [1.29, 1.82) is 0 Å². The Bertz CT molecular complexity index is 622. The minimum Gasteiger partial charge on any atom is -0.394 e. The lowest BCUT2D eigenvalue weighted by Gasteiger charge is -2.20. The summed E-state index contributed by atoms with van der Waals surface area (Å²) in [5.74, 6) is -0.0655. The fourth-order valence-electron chi connectivity index (χ4n) is 6.53. The van der Waals surface area contributed by atoms with Gasteiger partial charge in [-0.25, -0.2) is 0 Å². The van der Waals surface area contributed by atoms with E-state index in [1.807, 2.05) is 6.08 Å². The molecule has 0 spiro atoms. The Balaban J connectivity index is 3.34. The van der Waals surface area contributed by atoms with E-state index in [2.05, 4.69) is 19.2 Å². The average Bonchev–Trinajstić information content (AvgIpc) is 3.06. The van der Waals surface area contributed by atoms with Crippen molar-refractivity contribution in [3.05, 3.63) is 12.2 Å². The summed E-state index contributed by atoms with van der Waals surface area (Å²) in [5.41, 5.74) is 0. The summed E-state index contributed by atoms with van der Waals surface area (Å²) >= 11 is 0. The molecule has 0 aliphatic heterocycles. The summed E-state index contributed by atoms with van der Waals surface area (Å²) in [7, 11) is 0. The topological polar surface area (TPSA) is 69.6 Å². The zero-order valence-corrected chi connectivity index (χ0v) is 31.4. The molecular weight excluding hydrogens is 566 g/mol. The van der Waals surface area contributed by atoms with Gasteiger partial charge in [0, 0.05) is 6.42 Å². The van der Waals surface area contributed by atoms with Gasteiger partial charge in [-0.2, -0.15) is 0 Å². The number of allylic oxidation sites excluding steroid dienone is 1. The molecule has 274 valence electrons. The highest BCUT2D eigenvalue weighted by Crippen LogP contribution is 2.16. The van der Waals surface area contributed by atoms with E-state index < -0.39 is 12.1 Å². The van der Waals surface area contributed by atoms with Crippen LogP contribution in [-0.4, -0.2) is 34.9 Å². The van der Waals surface area contributed by atoms with E-state index >= 15 is 0 Å². The minimum atomic E-state index is -0.830. The SMILES string of the molecule is CCCCCC/C=C/C(O)C(CO)NC(=O)CCCCCCCCCCCCCCCCCCCCCCCCCCCCCC. The number of aliphatic hydroxyl groups is 2. The van der Waals surface area contributed by atoms with Crippen molar-refractivity contribution >= 4 is 5.91 Å². The van der Waals surface area contributed by atoms with Crippen LogP contribution >= 0.6 is 0 Å². The Kier molecular flexibility index (Phi) is 37.8. The van der Waals surface area contributed by atoms with Crippen LogP contribution < -0.4 is 5.32 Å². The largest absolute Gasteiger partial charge is 0.394 e. The number of carbonyl (C=O) groups is 1. The number of unbranched alkanes of at least 4 members (excludes halogenated alkanes) is 31. The van der Waals surface area contributed by atoms with Gasteiger partial charge in [0.2, 0.25) is 5.91 Å². The molecule has 0 heterocycles. The van der Waals surface area contributed by atoms with E-state index in [1.165, 1.54) is 186 Å². The minimum absolute atomic E-state index is 0.0655. The maximum Gasteiger partial charge on any atom is 0.220 e. The van der Waals surface area contributed by atoms with Gasteiger partial charge in [-0.1, -0.05) is 219 Å². The van der Waals surface area contributed by atoms with Crippen LogP contribution in [0.15, 0.2) is 12.2 Å². The number of hydrogen-bond acceptors (Lipinski definition) is 3. The van der Waals surface area contributed by atoms with Gasteiger partial charge in [0.05, 0.1) is 18.8 Å².